The van der Waals surface area contributed by atoms with Gasteiger partial charge < -0.3 is 5.32 Å². The van der Waals surface area contributed by atoms with Crippen molar-refractivity contribution in [1.82, 2.24) is 5.32 Å². The molecule has 0 fully saturated rings. The molecule has 9 heavy (non-hydrogen) atoms. The van der Waals surface area contributed by atoms with Crippen LogP contribution in [0.1, 0.15) is 27.7 Å². The third-order valence-corrected chi connectivity index (χ3v) is 1.87. The molecule has 0 aromatic heterocycles. The van der Waals surface area contributed by atoms with E-state index in [2.05, 4.69) is 19.2 Å². The van der Waals surface area contributed by atoms with Gasteiger partial charge in [-0.25, -0.2) is 0 Å². The average molecular weight is 129 g/mol. The van der Waals surface area contributed by atoms with Crippen molar-refractivity contribution in [2.45, 2.75) is 33.2 Å². The van der Waals surface area contributed by atoms with E-state index < -0.39 is 0 Å². The van der Waals surface area contributed by atoms with Gasteiger partial charge >= 0.3 is 0 Å². The Morgan fingerprint density at radius 1 is 1.44 bits per heavy atom. The molecule has 0 aliphatic heterocycles. The summed E-state index contributed by atoms with van der Waals surface area (Å²) in [6.45, 7) is 8.17. The molecule has 2 nitrogen and oxygen atoms in total. The Balaban J connectivity index is 3.84. The Labute approximate surface area is 56.6 Å². The molecule has 0 rings (SSSR count). The summed E-state index contributed by atoms with van der Waals surface area (Å²) in [5, 5.41) is 2.74. The van der Waals surface area contributed by atoms with Gasteiger partial charge in [0.25, 0.3) is 0 Å². The number of carbonyl (C=O) groups is 1. The Bertz CT molecular complexity index is 97.1. The second-order valence-corrected chi connectivity index (χ2v) is 3.14. The maximum atomic E-state index is 10.0. The zero-order chi connectivity index (χ0) is 7.49. The number of nitrogens with one attached hydrogen (secondary N) is 1. The molecule has 0 atom stereocenters. The first-order chi connectivity index (χ1) is 4.00. The number of hydrogen-bond donors (Lipinski definition) is 1. The summed E-state index contributed by atoms with van der Waals surface area (Å²) in [4.78, 5) is 10.0. The monoisotopic (exact) mass is 129 g/mol. The zero-order valence-corrected chi connectivity index (χ0v) is 6.56. The van der Waals surface area contributed by atoms with Gasteiger partial charge in [0.2, 0.25) is 6.41 Å². The highest BCUT2D eigenvalue weighted by Crippen LogP contribution is 2.13. The molecule has 0 aromatic rings. The van der Waals surface area contributed by atoms with Crippen molar-refractivity contribution in [3.05, 3.63) is 0 Å². The van der Waals surface area contributed by atoms with E-state index in [9.17, 15) is 4.79 Å². The van der Waals surface area contributed by atoms with Crippen LogP contribution in [0.5, 0.6) is 0 Å². The Morgan fingerprint density at radius 3 is 2.00 bits per heavy atom. The van der Waals surface area contributed by atoms with E-state index in [1.165, 1.54) is 0 Å². The Morgan fingerprint density at radius 2 is 1.89 bits per heavy atom. The topological polar surface area (TPSA) is 29.1 Å². The van der Waals surface area contributed by atoms with Gasteiger partial charge in [0.05, 0.1) is 0 Å². The fourth-order valence-corrected chi connectivity index (χ4v) is 0.319. The lowest BCUT2D eigenvalue weighted by atomic mass is 9.91. The minimum absolute atomic E-state index is 0.0677. The molecule has 0 saturated carbocycles. The van der Waals surface area contributed by atoms with E-state index in [0.717, 1.165) is 6.41 Å². The molecule has 0 unspecified atom stereocenters. The zero-order valence-electron chi connectivity index (χ0n) is 6.56. The van der Waals surface area contributed by atoms with Crippen LogP contribution in [0.25, 0.3) is 0 Å². The fraction of sp³-hybridized carbons (Fsp3) is 0.857. The molecule has 1 N–H and O–H groups in total. The molecule has 0 radical (unpaired) electrons. The second kappa shape index (κ2) is 2.85. The highest BCUT2D eigenvalue weighted by molar-refractivity contribution is 5.47. The van der Waals surface area contributed by atoms with Crippen LogP contribution < -0.4 is 5.32 Å². The van der Waals surface area contributed by atoms with Crippen LogP contribution in [0.2, 0.25) is 0 Å². The lowest BCUT2D eigenvalue weighted by Gasteiger charge is -2.28. The predicted octanol–water partition coefficient (Wildman–Crippen LogP) is 1.17. The van der Waals surface area contributed by atoms with Crippen molar-refractivity contribution in [2.75, 3.05) is 0 Å². The van der Waals surface area contributed by atoms with Crippen molar-refractivity contribution < 1.29 is 4.79 Å². The largest absolute Gasteiger partial charge is 0.354 e. The summed E-state index contributed by atoms with van der Waals surface area (Å²) >= 11 is 0. The summed E-state index contributed by atoms with van der Waals surface area (Å²) in [6, 6.07) is 0. The minimum Gasteiger partial charge on any atom is -0.354 e. The summed E-state index contributed by atoms with van der Waals surface area (Å²) in [6.07, 6.45) is 0.750. The van der Waals surface area contributed by atoms with E-state index in [0.29, 0.717) is 5.92 Å². The summed E-state index contributed by atoms with van der Waals surface area (Å²) in [7, 11) is 0. The predicted molar refractivity (Wildman–Crippen MR) is 38.1 cm³/mol. The normalized spacial score (nSPS) is 11.7. The van der Waals surface area contributed by atoms with Crippen molar-refractivity contribution in [3.63, 3.8) is 0 Å². The van der Waals surface area contributed by atoms with Crippen LogP contribution in [0.3, 0.4) is 0 Å². The van der Waals surface area contributed by atoms with E-state index in [-0.39, 0.29) is 5.54 Å². The highest BCUT2D eigenvalue weighted by atomic mass is 16.1. The van der Waals surface area contributed by atoms with Gasteiger partial charge in [-0.3, -0.25) is 4.79 Å². The van der Waals surface area contributed by atoms with E-state index in [4.69, 9.17) is 0 Å². The number of carbonyl (C=O) groups excluding carboxylic acids is 1. The van der Waals surface area contributed by atoms with Crippen LogP contribution in [-0.4, -0.2) is 11.9 Å². The second-order valence-electron chi connectivity index (χ2n) is 3.14. The molecule has 0 aromatic carbocycles. The molecule has 0 saturated heterocycles. The smallest absolute Gasteiger partial charge is 0.207 e. The molecule has 0 aliphatic rings. The summed E-state index contributed by atoms with van der Waals surface area (Å²) in [5.74, 6) is 0.475. The summed E-state index contributed by atoms with van der Waals surface area (Å²) in [5.41, 5.74) is -0.0677. The number of amides is 1. The van der Waals surface area contributed by atoms with E-state index >= 15 is 0 Å². The molecule has 0 bridgehead atoms. The van der Waals surface area contributed by atoms with Crippen molar-refractivity contribution in [3.8, 4) is 0 Å². The SMILES string of the molecule is CC(C)C(C)(C)NC=O. The van der Waals surface area contributed by atoms with E-state index in [1.54, 1.807) is 0 Å². The number of hydrogen-bond acceptors (Lipinski definition) is 1. The molecular weight excluding hydrogens is 114 g/mol. The lowest BCUT2D eigenvalue weighted by molar-refractivity contribution is -0.111. The standard InChI is InChI=1S/C7H15NO/c1-6(2)7(3,4)8-5-9/h5-6H,1-4H3,(H,8,9). The molecular formula is C7H15NO. The van der Waals surface area contributed by atoms with Gasteiger partial charge in [-0.2, -0.15) is 0 Å². The molecule has 1 amide bonds. The van der Waals surface area contributed by atoms with Gasteiger partial charge in [-0.1, -0.05) is 13.8 Å². The minimum atomic E-state index is -0.0677. The van der Waals surface area contributed by atoms with E-state index in [1.807, 2.05) is 13.8 Å². The Hall–Kier alpha value is -0.530. The molecule has 0 spiro atoms. The van der Waals surface area contributed by atoms with Gasteiger partial charge in [0.1, 0.15) is 0 Å². The van der Waals surface area contributed by atoms with Crippen molar-refractivity contribution in [2.24, 2.45) is 5.92 Å². The van der Waals surface area contributed by atoms with Crippen LogP contribution in [0, 0.1) is 5.92 Å². The average Bonchev–Trinajstić information content (AvgIpc) is 1.65. The third-order valence-electron chi connectivity index (χ3n) is 1.87. The molecule has 2 heteroatoms. The van der Waals surface area contributed by atoms with Crippen molar-refractivity contribution in [1.29, 1.82) is 0 Å². The van der Waals surface area contributed by atoms with Crippen LogP contribution >= 0.6 is 0 Å². The maximum absolute atomic E-state index is 10.0. The maximum Gasteiger partial charge on any atom is 0.207 e. The Kier molecular flexibility index (Phi) is 2.68. The van der Waals surface area contributed by atoms with Crippen LogP contribution in [-0.2, 0) is 4.79 Å². The van der Waals surface area contributed by atoms with Crippen LogP contribution in [0.4, 0.5) is 0 Å². The van der Waals surface area contributed by atoms with Gasteiger partial charge in [-0.15, -0.1) is 0 Å². The molecule has 0 aliphatic carbocycles. The quantitative estimate of drug-likeness (QED) is 0.569. The van der Waals surface area contributed by atoms with Gasteiger partial charge in [0.15, 0.2) is 0 Å². The third kappa shape index (κ3) is 2.49. The van der Waals surface area contributed by atoms with Crippen LogP contribution in [0.15, 0.2) is 0 Å². The first-order valence-electron chi connectivity index (χ1n) is 3.22. The fourth-order valence-electron chi connectivity index (χ4n) is 0.319. The molecule has 0 heterocycles. The first-order valence-corrected chi connectivity index (χ1v) is 3.22. The van der Waals surface area contributed by atoms with Gasteiger partial charge in [0, 0.05) is 5.54 Å². The number of rotatable bonds is 3. The van der Waals surface area contributed by atoms with Gasteiger partial charge in [-0.05, 0) is 19.8 Å². The highest BCUT2D eigenvalue weighted by Gasteiger charge is 2.19. The first kappa shape index (κ1) is 8.47. The molecule has 54 valence electrons. The van der Waals surface area contributed by atoms with Crippen molar-refractivity contribution >= 4 is 6.41 Å². The summed E-state index contributed by atoms with van der Waals surface area (Å²) < 4.78 is 0. The lowest BCUT2D eigenvalue weighted by Crippen LogP contribution is -2.42.